The molecular weight excluding hydrogens is 1240 g/mol. The fourth-order valence-electron chi connectivity index (χ4n) is 9.77. The predicted octanol–water partition coefficient (Wildman–Crippen LogP) is -5.46. The number of unbranched alkanes of at least 4 members (excludes halogenated alkanes) is 13. The van der Waals surface area contributed by atoms with Crippen molar-refractivity contribution in [1.82, 2.24) is 57.7 Å². The molecule has 0 aliphatic carbocycles. The summed E-state index contributed by atoms with van der Waals surface area (Å²) >= 11 is 0. The molecule has 1 saturated heterocycles. The van der Waals surface area contributed by atoms with Gasteiger partial charge in [-0.25, -0.2) is 0 Å². The van der Waals surface area contributed by atoms with E-state index in [1.54, 1.807) is 11.9 Å². The Bertz CT molecular complexity index is 2330. The molecule has 1 aliphatic heterocycles. The molecule has 1 rings (SSSR count). The number of aliphatic carboxylic acids is 3. The van der Waals surface area contributed by atoms with Crippen LogP contribution in [0.25, 0.3) is 0 Å². The number of hydrogen-bond donors (Lipinski definition) is 18. The van der Waals surface area contributed by atoms with Crippen molar-refractivity contribution < 1.29 is 113 Å². The molecule has 1 fully saturated rings. The molecule has 0 saturated carbocycles. The second-order valence-electron chi connectivity index (χ2n) is 22.9. The highest BCUT2D eigenvalue weighted by Gasteiger charge is 2.35. The minimum atomic E-state index is -1.92. The Labute approximate surface area is 546 Å². The van der Waals surface area contributed by atoms with Gasteiger partial charge in [0.25, 0.3) is 0 Å². The van der Waals surface area contributed by atoms with Gasteiger partial charge in [-0.2, -0.15) is 0 Å². The molecule has 1 heterocycles. The number of carboxylic acids is 3. The van der Waals surface area contributed by atoms with E-state index in [1.807, 2.05) is 0 Å². The van der Waals surface area contributed by atoms with Gasteiger partial charge in [0.15, 0.2) is 0 Å². The number of rotatable bonds is 57. The maximum Gasteiger partial charge on any atom is 0.317 e. The summed E-state index contributed by atoms with van der Waals surface area (Å²) < 4.78 is 10.8. The highest BCUT2D eigenvalue weighted by atomic mass is 16.5. The predicted molar refractivity (Wildman–Crippen MR) is 333 cm³/mol. The molecule has 0 bridgehead atoms. The van der Waals surface area contributed by atoms with Gasteiger partial charge in [-0.1, -0.05) is 64.2 Å². The van der Waals surface area contributed by atoms with Crippen molar-refractivity contribution in [3.8, 4) is 0 Å². The summed E-state index contributed by atoms with van der Waals surface area (Å²) in [7, 11) is 1.69. The zero-order valence-corrected chi connectivity index (χ0v) is 54.0. The lowest BCUT2D eigenvalue weighted by Gasteiger charge is -2.27. The first-order valence-electron chi connectivity index (χ1n) is 32.1. The number of amides is 10. The number of primary amides is 1. The van der Waals surface area contributed by atoms with E-state index in [0.29, 0.717) is 38.8 Å². The summed E-state index contributed by atoms with van der Waals surface area (Å²) in [6.45, 7) is -5.53. The van der Waals surface area contributed by atoms with Gasteiger partial charge in [0.2, 0.25) is 59.1 Å². The molecule has 0 radical (unpaired) electrons. The second kappa shape index (κ2) is 51.1. The average molecular weight is 1350 g/mol. The number of nitrogens with two attached hydrogens (primary N) is 1. The zero-order chi connectivity index (χ0) is 70.2. The Morgan fingerprint density at radius 2 is 0.840 bits per heavy atom. The van der Waals surface area contributed by atoms with Crippen molar-refractivity contribution in [2.24, 2.45) is 5.73 Å². The van der Waals surface area contributed by atoms with Crippen LogP contribution in [-0.2, 0) is 71.8 Å². The monoisotopic (exact) mass is 1350 g/mol. The smallest absolute Gasteiger partial charge is 0.317 e. The highest BCUT2D eigenvalue weighted by molar-refractivity contribution is 5.98. The minimum absolute atomic E-state index is 0.0113. The number of likely N-dealkylation sites (tertiary alicyclic amines) is 1. The van der Waals surface area contributed by atoms with E-state index in [4.69, 9.17) is 20.3 Å². The van der Waals surface area contributed by atoms with Crippen molar-refractivity contribution in [1.29, 1.82) is 0 Å². The summed E-state index contributed by atoms with van der Waals surface area (Å²) in [5.41, 5.74) is 5.52. The average Bonchev–Trinajstić information content (AvgIpc) is 1.40. The van der Waals surface area contributed by atoms with E-state index >= 15 is 0 Å². The van der Waals surface area contributed by atoms with Crippen LogP contribution in [0.3, 0.4) is 0 Å². The van der Waals surface area contributed by atoms with Gasteiger partial charge in [-0.3, -0.25) is 72.1 Å². The molecule has 19 N–H and O–H groups in total. The molecule has 10 amide bonds. The van der Waals surface area contributed by atoms with Crippen molar-refractivity contribution in [2.75, 3.05) is 106 Å². The van der Waals surface area contributed by atoms with E-state index in [0.717, 1.165) is 56.3 Å². The quantitative estimate of drug-likeness (QED) is 0.0253. The number of aliphatic hydroxyl groups excluding tert-OH is 5. The van der Waals surface area contributed by atoms with E-state index < -0.39 is 166 Å². The normalized spacial score (nSPS) is 15.2. The van der Waals surface area contributed by atoms with E-state index in [9.17, 15) is 98.1 Å². The van der Waals surface area contributed by atoms with Crippen molar-refractivity contribution >= 4 is 77.0 Å². The third-order valence-electron chi connectivity index (χ3n) is 15.1. The van der Waals surface area contributed by atoms with Gasteiger partial charge in [0.05, 0.1) is 72.0 Å². The van der Waals surface area contributed by atoms with E-state index in [2.05, 4.69) is 47.9 Å². The van der Waals surface area contributed by atoms with Crippen molar-refractivity contribution in [3.63, 3.8) is 0 Å². The SMILES string of the molecule is CN1CCC[C@H]1C(=O)N[C@@H](CO)C(=O)N[C@@H](CO)C(=O)N[C@@H](CO)C(=O)N[C@@H](CCCCN(CC(=O)O)CC(=O)O)C(=O)N[C@@H](CO)C(=O)N[C@@H](CO)C(=O)N[C@@H](CCCCNC(=O)COCCOCCNC(=O)CCCCCCCCCCCCCCC(=O)O)C(N)=O. The van der Waals surface area contributed by atoms with Crippen LogP contribution >= 0.6 is 0 Å². The Morgan fingerprint density at radius 1 is 0.447 bits per heavy atom. The fraction of sp³-hybridized carbons (Fsp3) is 0.780. The molecule has 1 aliphatic rings. The summed E-state index contributed by atoms with van der Waals surface area (Å²) in [6.07, 6.45) is 14.6. The van der Waals surface area contributed by atoms with Gasteiger partial charge < -0.3 is 104 Å². The van der Waals surface area contributed by atoms with Crippen LogP contribution in [0.2, 0.25) is 0 Å². The van der Waals surface area contributed by atoms with Crippen LogP contribution < -0.4 is 53.6 Å². The molecule has 0 aromatic carbocycles. The summed E-state index contributed by atoms with van der Waals surface area (Å²) in [4.78, 5) is 166. The number of aliphatic hydroxyl groups is 5. The minimum Gasteiger partial charge on any atom is -0.481 e. The largest absolute Gasteiger partial charge is 0.481 e. The van der Waals surface area contributed by atoms with Gasteiger partial charge in [-0.15, -0.1) is 0 Å². The molecule has 94 heavy (non-hydrogen) atoms. The first kappa shape index (κ1) is 84.8. The highest BCUT2D eigenvalue weighted by Crippen LogP contribution is 2.16. The van der Waals surface area contributed by atoms with Crippen LogP contribution in [0.4, 0.5) is 0 Å². The lowest BCUT2D eigenvalue weighted by molar-refractivity contribution is -0.142. The van der Waals surface area contributed by atoms with E-state index in [-0.39, 0.29) is 83.9 Å². The van der Waals surface area contributed by atoms with Crippen LogP contribution in [0, 0.1) is 0 Å². The first-order valence-corrected chi connectivity index (χ1v) is 32.1. The summed E-state index contributed by atoms with van der Waals surface area (Å²) in [5, 5.41) is 98.5. The number of carbonyl (C=O) groups excluding carboxylic acids is 10. The molecule has 538 valence electrons. The van der Waals surface area contributed by atoms with Crippen LogP contribution in [-0.4, -0.2) is 282 Å². The molecule has 0 aromatic rings. The Kier molecular flexibility index (Phi) is 46.1. The molecule has 0 unspecified atom stereocenters. The van der Waals surface area contributed by atoms with Crippen LogP contribution in [0.15, 0.2) is 0 Å². The molecule has 0 aromatic heterocycles. The summed E-state index contributed by atoms with van der Waals surface area (Å²) in [5.74, 6) is -12.7. The number of carbonyl (C=O) groups is 13. The molecule has 35 heteroatoms. The number of likely N-dealkylation sites (N-methyl/N-ethyl adjacent to an activating group) is 1. The van der Waals surface area contributed by atoms with Crippen molar-refractivity contribution in [2.45, 2.75) is 190 Å². The topological polar surface area (TPSA) is 543 Å². The zero-order valence-electron chi connectivity index (χ0n) is 54.0. The number of nitrogens with zero attached hydrogens (tertiary/aromatic N) is 2. The lowest BCUT2D eigenvalue weighted by Crippen LogP contribution is -2.62. The van der Waals surface area contributed by atoms with E-state index in [1.165, 1.54) is 25.7 Å². The van der Waals surface area contributed by atoms with Crippen LogP contribution in [0.5, 0.6) is 0 Å². The number of carboxylic acid groups (broad SMARTS) is 3. The van der Waals surface area contributed by atoms with Gasteiger partial charge in [0.1, 0.15) is 48.9 Å². The molecule has 35 nitrogen and oxygen atoms in total. The first-order chi connectivity index (χ1) is 44.9. The fourth-order valence-corrected chi connectivity index (χ4v) is 9.77. The third-order valence-corrected chi connectivity index (χ3v) is 15.1. The van der Waals surface area contributed by atoms with Crippen LogP contribution in [0.1, 0.15) is 141 Å². The molecule has 8 atom stereocenters. The van der Waals surface area contributed by atoms with Crippen molar-refractivity contribution in [3.05, 3.63) is 0 Å². The Hall–Kier alpha value is -7.25. The standard InChI is InChI=1S/C59H104N12O23/c1-70-26-18-21-46(70)59(92)69-45(37-76)58(91)68-44(36-75)57(90)67-42(34-73)55(88)64-40(20-15-17-27-71(31-50(81)82)32-51(83)84)53(86)65-43(35-74)56(89)66-41(33-72)54(87)63-39(52(60)85)19-14-16-24-61-48(78)38-94-30-29-93-28-25-62-47(77)22-12-10-8-6-4-2-3-5-7-9-11-13-23-49(79)80/h39-46,72-76H,2-38H2,1H3,(H2,60,85)(H,61,78)(H,62,77)(H,63,87)(H,64,88)(H,65,86)(H,66,89)(H,67,90)(H,68,91)(H,69,92)(H,79,80)(H,81,82)(H,83,84)/t39-,40-,41-,42-,43-,44-,45-,46-/m0/s1. The number of ether oxygens (including phenoxy) is 2. The maximum atomic E-state index is 13.8. The molecular formula is C59H104N12O23. The van der Waals surface area contributed by atoms with Gasteiger partial charge >= 0.3 is 17.9 Å². The number of nitrogens with one attached hydrogen (secondary N) is 9. The maximum absolute atomic E-state index is 13.8. The third kappa shape index (κ3) is 38.8. The Morgan fingerprint density at radius 3 is 1.28 bits per heavy atom. The Balaban J connectivity index is 2.70. The number of hydrogen-bond acceptors (Lipinski definition) is 22. The second-order valence-corrected chi connectivity index (χ2v) is 22.9. The summed E-state index contributed by atoms with van der Waals surface area (Å²) in [6, 6.07) is -12.7. The lowest BCUT2D eigenvalue weighted by atomic mass is 10.0. The van der Waals surface area contributed by atoms with Gasteiger partial charge in [-0.05, 0) is 84.3 Å². The van der Waals surface area contributed by atoms with Gasteiger partial charge in [0, 0.05) is 25.9 Å². The molecule has 0 spiro atoms.